The third kappa shape index (κ3) is 4.80. The van der Waals surface area contributed by atoms with Crippen molar-refractivity contribution in [2.75, 3.05) is 0 Å². The second-order valence-corrected chi connectivity index (χ2v) is 6.90. The topological polar surface area (TPSA) is 29.5 Å². The number of benzene rings is 4. The second-order valence-electron chi connectivity index (χ2n) is 6.90. The molecule has 0 aliphatic heterocycles. The van der Waals surface area contributed by atoms with E-state index in [0.717, 1.165) is 24.3 Å². The van der Waals surface area contributed by atoms with E-state index in [1.807, 2.05) is 42.5 Å². The van der Waals surface area contributed by atoms with Gasteiger partial charge in [-0.3, -0.25) is 0 Å². The molecule has 0 atom stereocenters. The summed E-state index contributed by atoms with van der Waals surface area (Å²) < 4.78 is 5.97. The summed E-state index contributed by atoms with van der Waals surface area (Å²) in [6.07, 6.45) is 1.75. The third-order valence-corrected chi connectivity index (χ3v) is 4.68. The van der Waals surface area contributed by atoms with Gasteiger partial charge in [0.25, 0.3) is 0 Å². The fraction of sp³-hybridized carbons (Fsp3) is 0.0769. The van der Waals surface area contributed by atoms with Crippen LogP contribution < -0.4 is 4.74 Å². The zero-order valence-corrected chi connectivity index (χ0v) is 15.6. The highest BCUT2D eigenvalue weighted by atomic mass is 16.5. The Morgan fingerprint density at radius 2 is 0.857 bits per heavy atom. The fourth-order valence-electron chi connectivity index (χ4n) is 3.17. The zero-order valence-electron chi connectivity index (χ0n) is 15.6. The summed E-state index contributed by atoms with van der Waals surface area (Å²) in [7, 11) is 0. The second kappa shape index (κ2) is 8.45. The van der Waals surface area contributed by atoms with E-state index in [9.17, 15) is 5.11 Å². The van der Waals surface area contributed by atoms with Crippen molar-refractivity contribution in [1.82, 2.24) is 0 Å². The van der Waals surface area contributed by atoms with Gasteiger partial charge in [-0.1, -0.05) is 66.7 Å². The third-order valence-electron chi connectivity index (χ3n) is 4.68. The SMILES string of the molecule is Oc1ccc(Cc2ccc(Oc3ccc(Cc4ccccc4)cc3)cc2)cc1. The smallest absolute Gasteiger partial charge is 0.127 e. The Kier molecular flexibility index (Phi) is 5.39. The highest BCUT2D eigenvalue weighted by molar-refractivity contribution is 5.37. The molecule has 0 radical (unpaired) electrons. The molecule has 4 aromatic carbocycles. The maximum Gasteiger partial charge on any atom is 0.127 e. The van der Waals surface area contributed by atoms with E-state index in [-0.39, 0.29) is 0 Å². The first-order valence-electron chi connectivity index (χ1n) is 9.42. The van der Waals surface area contributed by atoms with Gasteiger partial charge in [0, 0.05) is 0 Å². The molecule has 0 aliphatic rings. The van der Waals surface area contributed by atoms with Gasteiger partial charge in [0.05, 0.1) is 0 Å². The van der Waals surface area contributed by atoms with Crippen molar-refractivity contribution in [2.24, 2.45) is 0 Å². The summed E-state index contributed by atoms with van der Waals surface area (Å²) in [4.78, 5) is 0. The average Bonchev–Trinajstić information content (AvgIpc) is 2.73. The van der Waals surface area contributed by atoms with Gasteiger partial charge in [-0.25, -0.2) is 0 Å². The summed E-state index contributed by atoms with van der Waals surface area (Å²) in [6.45, 7) is 0. The van der Waals surface area contributed by atoms with E-state index in [0.29, 0.717) is 5.75 Å². The number of ether oxygens (including phenoxy) is 1. The molecule has 1 N–H and O–H groups in total. The van der Waals surface area contributed by atoms with Crippen molar-refractivity contribution in [3.05, 3.63) is 125 Å². The lowest BCUT2D eigenvalue weighted by Crippen LogP contribution is -1.90. The van der Waals surface area contributed by atoms with Crippen LogP contribution in [-0.2, 0) is 12.8 Å². The maximum atomic E-state index is 9.37. The van der Waals surface area contributed by atoms with E-state index < -0.39 is 0 Å². The Morgan fingerprint density at radius 3 is 1.32 bits per heavy atom. The molecular formula is C26H22O2. The van der Waals surface area contributed by atoms with Crippen LogP contribution in [0.2, 0.25) is 0 Å². The van der Waals surface area contributed by atoms with Crippen molar-refractivity contribution in [2.45, 2.75) is 12.8 Å². The molecule has 0 aromatic heterocycles. The minimum absolute atomic E-state index is 0.294. The van der Waals surface area contributed by atoms with E-state index in [1.165, 1.54) is 22.3 Å². The quantitative estimate of drug-likeness (QED) is 0.430. The molecule has 138 valence electrons. The Bertz CT molecular complexity index is 1000. The molecule has 0 saturated heterocycles. The van der Waals surface area contributed by atoms with Gasteiger partial charge < -0.3 is 9.84 Å². The highest BCUT2D eigenvalue weighted by Gasteiger charge is 2.01. The number of phenols is 1. The molecule has 0 amide bonds. The van der Waals surface area contributed by atoms with Crippen molar-refractivity contribution in [3.63, 3.8) is 0 Å². The van der Waals surface area contributed by atoms with Gasteiger partial charge in [-0.05, 0) is 71.5 Å². The van der Waals surface area contributed by atoms with Crippen molar-refractivity contribution < 1.29 is 9.84 Å². The lowest BCUT2D eigenvalue weighted by atomic mass is 10.0. The number of aromatic hydroxyl groups is 1. The lowest BCUT2D eigenvalue weighted by Gasteiger charge is -2.08. The molecule has 4 rings (SSSR count). The predicted octanol–water partition coefficient (Wildman–Crippen LogP) is 6.37. The highest BCUT2D eigenvalue weighted by Crippen LogP contribution is 2.24. The van der Waals surface area contributed by atoms with Crippen LogP contribution in [0.25, 0.3) is 0 Å². The van der Waals surface area contributed by atoms with Gasteiger partial charge in [0.2, 0.25) is 0 Å². The van der Waals surface area contributed by atoms with Gasteiger partial charge in [-0.2, -0.15) is 0 Å². The standard InChI is InChI=1S/C26H22O2/c27-24-12-6-21(7-13-24)19-23-10-16-26(17-11-23)28-25-14-8-22(9-15-25)18-20-4-2-1-3-5-20/h1-17,27H,18-19H2. The minimum Gasteiger partial charge on any atom is -0.508 e. The fourth-order valence-corrected chi connectivity index (χ4v) is 3.17. The van der Waals surface area contributed by atoms with Crippen LogP contribution in [0.4, 0.5) is 0 Å². The first-order chi connectivity index (χ1) is 13.7. The first kappa shape index (κ1) is 17.9. The van der Waals surface area contributed by atoms with Crippen molar-refractivity contribution in [1.29, 1.82) is 0 Å². The molecular weight excluding hydrogens is 344 g/mol. The molecule has 0 heterocycles. The Morgan fingerprint density at radius 1 is 0.464 bits per heavy atom. The largest absolute Gasteiger partial charge is 0.508 e. The van der Waals surface area contributed by atoms with Crippen LogP contribution in [0, 0.1) is 0 Å². The van der Waals surface area contributed by atoms with E-state index in [2.05, 4.69) is 48.5 Å². The Labute approximate surface area is 165 Å². The van der Waals surface area contributed by atoms with Crippen LogP contribution in [0.15, 0.2) is 103 Å². The lowest BCUT2D eigenvalue weighted by molar-refractivity contribution is 0.475. The number of phenolic OH excluding ortho intramolecular Hbond substituents is 1. The zero-order chi connectivity index (χ0) is 19.2. The molecule has 4 aromatic rings. The molecule has 0 spiro atoms. The normalized spacial score (nSPS) is 10.6. The summed E-state index contributed by atoms with van der Waals surface area (Å²) in [5, 5.41) is 9.37. The summed E-state index contributed by atoms with van der Waals surface area (Å²) in [6, 6.07) is 34.2. The molecule has 2 heteroatoms. The summed E-state index contributed by atoms with van der Waals surface area (Å²) >= 11 is 0. The Balaban J connectivity index is 1.36. The molecule has 0 unspecified atom stereocenters. The Hall–Kier alpha value is -3.52. The van der Waals surface area contributed by atoms with Gasteiger partial charge in [-0.15, -0.1) is 0 Å². The van der Waals surface area contributed by atoms with E-state index in [1.54, 1.807) is 12.1 Å². The average molecular weight is 366 g/mol. The van der Waals surface area contributed by atoms with E-state index >= 15 is 0 Å². The van der Waals surface area contributed by atoms with Crippen LogP contribution in [0.5, 0.6) is 17.2 Å². The molecule has 0 saturated carbocycles. The number of hydrogen-bond acceptors (Lipinski definition) is 2. The van der Waals surface area contributed by atoms with Crippen molar-refractivity contribution >= 4 is 0 Å². The molecule has 0 fully saturated rings. The van der Waals surface area contributed by atoms with Gasteiger partial charge in [0.1, 0.15) is 17.2 Å². The number of hydrogen-bond donors (Lipinski definition) is 1. The first-order valence-corrected chi connectivity index (χ1v) is 9.42. The van der Waals surface area contributed by atoms with Gasteiger partial charge >= 0.3 is 0 Å². The van der Waals surface area contributed by atoms with Crippen LogP contribution in [0.1, 0.15) is 22.3 Å². The predicted molar refractivity (Wildman–Crippen MR) is 113 cm³/mol. The minimum atomic E-state index is 0.294. The van der Waals surface area contributed by atoms with E-state index in [4.69, 9.17) is 4.74 Å². The van der Waals surface area contributed by atoms with Crippen LogP contribution >= 0.6 is 0 Å². The van der Waals surface area contributed by atoms with Gasteiger partial charge in [0.15, 0.2) is 0 Å². The monoisotopic (exact) mass is 366 g/mol. The van der Waals surface area contributed by atoms with Crippen molar-refractivity contribution in [3.8, 4) is 17.2 Å². The molecule has 0 aliphatic carbocycles. The number of rotatable bonds is 6. The molecule has 0 bridgehead atoms. The summed E-state index contributed by atoms with van der Waals surface area (Å²) in [5.41, 5.74) is 4.94. The maximum absolute atomic E-state index is 9.37. The van der Waals surface area contributed by atoms with Crippen LogP contribution in [-0.4, -0.2) is 5.11 Å². The molecule has 2 nitrogen and oxygen atoms in total. The summed E-state index contributed by atoms with van der Waals surface area (Å²) in [5.74, 6) is 1.95. The van der Waals surface area contributed by atoms with Crippen LogP contribution in [0.3, 0.4) is 0 Å². The molecule has 28 heavy (non-hydrogen) atoms.